The standard InChI is InChI=1S/C41H47F4N7O8S/c1-6-23-28-19-52(29(23)33(53)47-20-40(17-24(40)32(42)43)36(55)51-61(57,58)39(5)13-14-39)35(54)31(38(2,3)4)50-37(56)60-27-16-22(27)9-7-8-12-41(44,45)30-34(59-28)49-26-15-21(18-46)10-11-25(26)48-30/h8,10-12,15,20,22-24,27-29,31-32H,6-7,9,13-14,16-17,19H2,1-5H3,(H,50,56)(H,51,55)/p+1/b12-8+,47-20?/t22-,23-,24+,27-,28+,29+,31-,40-/m1/s1. The van der Waals surface area contributed by atoms with Crippen LogP contribution < -0.4 is 19.8 Å². The van der Waals surface area contributed by atoms with Crippen LogP contribution in [0, 0.1) is 39.9 Å². The predicted molar refractivity (Wildman–Crippen MR) is 208 cm³/mol. The summed E-state index contributed by atoms with van der Waals surface area (Å²) in [7, 11) is -4.25. The number of fused-ring (bicyclic) bond motifs is 5. The van der Waals surface area contributed by atoms with Crippen molar-refractivity contribution in [2.45, 2.75) is 121 Å². The van der Waals surface area contributed by atoms with Crippen molar-refractivity contribution in [2.24, 2.45) is 28.6 Å². The lowest BCUT2D eigenvalue weighted by Crippen LogP contribution is -2.81. The van der Waals surface area contributed by atoms with Gasteiger partial charge in [-0.25, -0.2) is 36.8 Å². The fourth-order valence-electron chi connectivity index (χ4n) is 8.18. The highest BCUT2D eigenvalue weighted by molar-refractivity contribution is 7.91. The molecule has 3 heterocycles. The highest BCUT2D eigenvalue weighted by Gasteiger charge is 2.67. The van der Waals surface area contributed by atoms with Crippen LogP contribution >= 0.6 is 0 Å². The maximum Gasteiger partial charge on any atom is 0.408 e. The van der Waals surface area contributed by atoms with E-state index < -0.39 is 122 Å². The number of rotatable bonds is 7. The molecule has 2 aromatic rings. The van der Waals surface area contributed by atoms with Gasteiger partial charge < -0.3 is 19.7 Å². The number of alkyl carbamates (subject to hydrolysis) is 1. The van der Waals surface area contributed by atoms with E-state index in [2.05, 4.69) is 20.3 Å². The van der Waals surface area contributed by atoms with E-state index >= 15 is 8.78 Å². The summed E-state index contributed by atoms with van der Waals surface area (Å²) < 4.78 is 99.3. The van der Waals surface area contributed by atoms with Gasteiger partial charge in [0.05, 0.1) is 34.0 Å². The zero-order valence-electron chi connectivity index (χ0n) is 34.2. The van der Waals surface area contributed by atoms with Gasteiger partial charge in [0.2, 0.25) is 34.1 Å². The van der Waals surface area contributed by atoms with Crippen molar-refractivity contribution < 1.29 is 59.6 Å². The van der Waals surface area contributed by atoms with Gasteiger partial charge in [-0.3, -0.25) is 14.3 Å². The molecule has 7 rings (SSSR count). The van der Waals surface area contributed by atoms with E-state index in [9.17, 15) is 41.6 Å². The number of aromatic nitrogens is 2. The van der Waals surface area contributed by atoms with Gasteiger partial charge in [0, 0.05) is 11.8 Å². The van der Waals surface area contributed by atoms with E-state index in [0.717, 1.165) is 11.1 Å². The van der Waals surface area contributed by atoms with Gasteiger partial charge in [-0.2, -0.15) is 19.0 Å². The molecule has 2 aliphatic heterocycles. The van der Waals surface area contributed by atoms with Crippen molar-refractivity contribution in [3.8, 4) is 11.9 Å². The molecule has 0 radical (unpaired) electrons. The molecule has 0 spiro atoms. The Kier molecular flexibility index (Phi) is 11.2. The molecule has 15 nitrogen and oxygen atoms in total. The van der Waals surface area contributed by atoms with Crippen LogP contribution in [0.4, 0.5) is 22.4 Å². The molecule has 328 valence electrons. The lowest BCUT2D eigenvalue weighted by molar-refractivity contribution is -0.380. The normalized spacial score (nSPS) is 31.4. The van der Waals surface area contributed by atoms with Crippen molar-refractivity contribution in [3.63, 3.8) is 0 Å². The second kappa shape index (κ2) is 15.6. The third-order valence-electron chi connectivity index (χ3n) is 12.6. The predicted octanol–water partition coefficient (Wildman–Crippen LogP) is 3.40. The van der Waals surface area contributed by atoms with E-state index in [0.29, 0.717) is 18.9 Å². The summed E-state index contributed by atoms with van der Waals surface area (Å²) in [5.41, 5.74) is -3.72. The minimum absolute atomic E-state index is 0.0422. The summed E-state index contributed by atoms with van der Waals surface area (Å²) in [6, 6.07) is 3.24. The topological polar surface area (TPSA) is 212 Å². The van der Waals surface area contributed by atoms with E-state index in [-0.39, 0.29) is 48.2 Å². The Bertz CT molecular complexity index is 2360. The molecule has 2 bridgehead atoms. The molecule has 5 aliphatic rings. The third kappa shape index (κ3) is 8.54. The second-order valence-electron chi connectivity index (χ2n) is 18.1. The average molecular weight is 875 g/mol. The minimum atomic E-state index is -4.25. The fraction of sp³-hybridized carbons (Fsp3) is 0.610. The van der Waals surface area contributed by atoms with E-state index in [1.54, 1.807) is 27.7 Å². The second-order valence-corrected chi connectivity index (χ2v) is 20.3. The number of allylic oxidation sites excluding steroid dienone is 2. The van der Waals surface area contributed by atoms with Crippen molar-refractivity contribution in [1.29, 1.82) is 5.26 Å². The molecule has 3 N–H and O–H groups in total. The van der Waals surface area contributed by atoms with Crippen LogP contribution in [0.5, 0.6) is 5.88 Å². The number of nitriles is 1. The first kappa shape index (κ1) is 43.9. The number of amides is 4. The summed E-state index contributed by atoms with van der Waals surface area (Å²) >= 11 is 0. The van der Waals surface area contributed by atoms with E-state index in [4.69, 9.17) is 9.47 Å². The Morgan fingerprint density at radius 2 is 1.87 bits per heavy atom. The Labute approximate surface area is 349 Å². The molecule has 8 atom stereocenters. The maximum absolute atomic E-state index is 16.2. The number of hydrogen-bond acceptors (Lipinski definition) is 11. The van der Waals surface area contributed by atoms with Crippen molar-refractivity contribution >= 4 is 51.1 Å². The molecular formula is C41H48F4N7O8S+. The number of nitrogens with one attached hydrogen (secondary N) is 3. The van der Waals surface area contributed by atoms with Crippen molar-refractivity contribution in [2.75, 3.05) is 6.54 Å². The maximum atomic E-state index is 16.2. The number of carbonyl (C=O) groups excluding carboxylic acids is 4. The van der Waals surface area contributed by atoms with Crippen molar-refractivity contribution in [1.82, 2.24) is 24.9 Å². The SMILES string of the molecule is CC[C@@H]1[C@@H]2CN(C(=O)[C@H](C(C)(C)C)NC(=O)O[C@@H]3C[C@H]3CC/C=C/C(F)(F)c3nc4ccc(C#N)cc4nc3O2)[C@@H]1C(=O)[NH+]=C[C@]1(C(=O)NS(=O)(=O)C2(C)CC2)C[C@H]1C(F)F. The van der Waals surface area contributed by atoms with Crippen LogP contribution in [-0.4, -0.2) is 95.3 Å². The highest BCUT2D eigenvalue weighted by atomic mass is 32.2. The number of hydrogen-bond donors (Lipinski definition) is 3. The zero-order chi connectivity index (χ0) is 44.4. The first-order valence-electron chi connectivity index (χ1n) is 20.3. The number of sulfonamides is 1. The van der Waals surface area contributed by atoms with Gasteiger partial charge >= 0.3 is 17.9 Å². The molecule has 3 aliphatic carbocycles. The summed E-state index contributed by atoms with van der Waals surface area (Å²) in [6.45, 7) is 7.64. The third-order valence-corrected chi connectivity index (χ3v) is 14.7. The Hall–Kier alpha value is -5.19. The molecule has 20 heteroatoms. The van der Waals surface area contributed by atoms with Gasteiger partial charge in [0.1, 0.15) is 23.7 Å². The molecule has 1 aromatic heterocycles. The Morgan fingerprint density at radius 3 is 2.49 bits per heavy atom. The smallest absolute Gasteiger partial charge is 0.408 e. The quantitative estimate of drug-likeness (QED) is 0.209. The minimum Gasteiger partial charge on any atom is -0.471 e. The molecule has 61 heavy (non-hydrogen) atoms. The monoisotopic (exact) mass is 874 g/mol. The van der Waals surface area contributed by atoms with Gasteiger partial charge in [0.15, 0.2) is 18.0 Å². The average Bonchev–Trinajstić information content (AvgIpc) is 4.14. The van der Waals surface area contributed by atoms with Gasteiger partial charge in [-0.1, -0.05) is 33.8 Å². The molecule has 4 fully saturated rings. The summed E-state index contributed by atoms with van der Waals surface area (Å²) in [6.07, 6.45) is -1.72. The van der Waals surface area contributed by atoms with Crippen LogP contribution in [0.1, 0.15) is 90.8 Å². The first-order valence-corrected chi connectivity index (χ1v) is 21.7. The number of alkyl halides is 4. The first-order chi connectivity index (χ1) is 28.5. The molecule has 1 aromatic carbocycles. The summed E-state index contributed by atoms with van der Waals surface area (Å²) in [5.74, 6) is -10.2. The van der Waals surface area contributed by atoms with E-state index in [1.807, 2.05) is 10.8 Å². The highest BCUT2D eigenvalue weighted by Crippen LogP contribution is 2.55. The Balaban J connectivity index is 1.30. The molecule has 0 unspecified atom stereocenters. The van der Waals surface area contributed by atoms with Gasteiger partial charge in [0.25, 0.3) is 0 Å². The molecule has 4 amide bonds. The van der Waals surface area contributed by atoms with Crippen LogP contribution in [0.25, 0.3) is 11.0 Å². The molecular weight excluding hydrogens is 827 g/mol. The lowest BCUT2D eigenvalue weighted by Gasteiger charge is -2.34. The largest absolute Gasteiger partial charge is 0.471 e. The summed E-state index contributed by atoms with van der Waals surface area (Å²) in [5, 5.41) is 12.2. The summed E-state index contributed by atoms with van der Waals surface area (Å²) in [4.78, 5) is 68.1. The van der Waals surface area contributed by atoms with Gasteiger partial charge in [-0.15, -0.1) is 0 Å². The fourth-order valence-corrected chi connectivity index (χ4v) is 9.50. The lowest BCUT2D eigenvalue weighted by atomic mass is 9.85. The van der Waals surface area contributed by atoms with Crippen LogP contribution in [0.2, 0.25) is 0 Å². The van der Waals surface area contributed by atoms with Crippen LogP contribution in [0.3, 0.4) is 0 Å². The molecule has 1 saturated heterocycles. The zero-order valence-corrected chi connectivity index (χ0v) is 35.0. The number of ether oxygens (including phenoxy) is 2. The number of halogens is 4. The Morgan fingerprint density at radius 1 is 1.15 bits per heavy atom. The van der Waals surface area contributed by atoms with Gasteiger partial charge in [-0.05, 0) is 87.5 Å². The van der Waals surface area contributed by atoms with E-state index in [1.165, 1.54) is 31.2 Å². The molecule has 3 saturated carbocycles. The van der Waals surface area contributed by atoms with Crippen molar-refractivity contribution in [3.05, 3.63) is 41.6 Å². The van der Waals surface area contributed by atoms with Crippen LogP contribution in [-0.2, 0) is 35.1 Å². The number of carbonyl (C=O) groups is 4. The number of nitrogens with zero attached hydrogens (tertiary/aromatic N) is 4. The number of benzene rings is 1. The van der Waals surface area contributed by atoms with Crippen LogP contribution in [0.15, 0.2) is 30.4 Å².